The molecule has 1 aromatic carbocycles. The fourth-order valence-electron chi connectivity index (χ4n) is 3.78. The molecule has 0 saturated carbocycles. The van der Waals surface area contributed by atoms with Gasteiger partial charge in [-0.25, -0.2) is 0 Å². The lowest BCUT2D eigenvalue weighted by Crippen LogP contribution is -2.51. The first-order chi connectivity index (χ1) is 13.8. The minimum atomic E-state index is 0.266. The Balaban J connectivity index is 1.42. The number of ether oxygens (including phenoxy) is 2. The van der Waals surface area contributed by atoms with Crippen molar-refractivity contribution < 1.29 is 9.47 Å². The van der Waals surface area contributed by atoms with Crippen molar-refractivity contribution in [3.8, 4) is 6.07 Å². The van der Waals surface area contributed by atoms with E-state index in [0.29, 0.717) is 25.8 Å². The molecule has 2 heterocycles. The molecule has 28 heavy (non-hydrogen) atoms. The highest BCUT2D eigenvalue weighted by Gasteiger charge is 2.22. The van der Waals surface area contributed by atoms with Crippen LogP contribution in [-0.4, -0.2) is 64.6 Å². The van der Waals surface area contributed by atoms with Gasteiger partial charge >= 0.3 is 0 Å². The lowest BCUT2D eigenvalue weighted by atomic mass is 10.0. The molecule has 0 aliphatic carbocycles. The second-order valence-corrected chi connectivity index (χ2v) is 7.27. The van der Waals surface area contributed by atoms with Crippen LogP contribution in [0.25, 0.3) is 0 Å². The Labute approximate surface area is 167 Å². The van der Waals surface area contributed by atoms with Gasteiger partial charge < -0.3 is 25.0 Å². The molecule has 2 atom stereocenters. The lowest BCUT2D eigenvalue weighted by Gasteiger charge is -2.35. The van der Waals surface area contributed by atoms with Gasteiger partial charge in [-0.15, -0.1) is 0 Å². The predicted molar refractivity (Wildman–Crippen MR) is 111 cm³/mol. The van der Waals surface area contributed by atoms with Gasteiger partial charge in [0.1, 0.15) is 6.07 Å². The second-order valence-electron chi connectivity index (χ2n) is 7.27. The highest BCUT2D eigenvalue weighted by molar-refractivity contribution is 5.80. The molecule has 2 saturated heterocycles. The van der Waals surface area contributed by atoms with E-state index in [9.17, 15) is 5.26 Å². The van der Waals surface area contributed by atoms with E-state index in [-0.39, 0.29) is 6.10 Å². The Kier molecular flexibility index (Phi) is 7.94. The molecule has 0 amide bonds. The highest BCUT2D eigenvalue weighted by Crippen LogP contribution is 2.23. The zero-order valence-corrected chi connectivity index (χ0v) is 16.7. The quantitative estimate of drug-likeness (QED) is 0.424. The third-order valence-corrected chi connectivity index (χ3v) is 5.22. The summed E-state index contributed by atoms with van der Waals surface area (Å²) in [5.74, 6) is 0.793. The highest BCUT2D eigenvalue weighted by atomic mass is 16.5. The Morgan fingerprint density at radius 1 is 1.36 bits per heavy atom. The van der Waals surface area contributed by atoms with Gasteiger partial charge in [-0.05, 0) is 37.8 Å². The van der Waals surface area contributed by atoms with Gasteiger partial charge in [0.25, 0.3) is 0 Å². The molecule has 2 N–H and O–H groups in total. The number of nitrogens with zero attached hydrogens (tertiary/aromatic N) is 3. The van der Waals surface area contributed by atoms with E-state index < -0.39 is 0 Å². The van der Waals surface area contributed by atoms with Crippen molar-refractivity contribution in [1.29, 1.82) is 5.26 Å². The van der Waals surface area contributed by atoms with Gasteiger partial charge in [-0.2, -0.15) is 5.26 Å². The zero-order valence-electron chi connectivity index (χ0n) is 16.7. The summed E-state index contributed by atoms with van der Waals surface area (Å²) < 4.78 is 11.3. The van der Waals surface area contributed by atoms with Gasteiger partial charge in [-0.3, -0.25) is 4.99 Å². The van der Waals surface area contributed by atoms with E-state index >= 15 is 0 Å². The van der Waals surface area contributed by atoms with Crippen LogP contribution < -0.4 is 15.5 Å². The molecule has 2 fully saturated rings. The van der Waals surface area contributed by atoms with Gasteiger partial charge in [0, 0.05) is 39.3 Å². The average Bonchev–Trinajstić information content (AvgIpc) is 3.26. The summed E-state index contributed by atoms with van der Waals surface area (Å²) in [7, 11) is 1.79. The monoisotopic (exact) mass is 385 g/mol. The molecule has 152 valence electrons. The molecule has 1 aromatic rings. The molecule has 2 aliphatic rings. The van der Waals surface area contributed by atoms with Gasteiger partial charge in [0.15, 0.2) is 5.96 Å². The molecular formula is C21H31N5O2. The normalized spacial score (nSPS) is 22.7. The first kappa shape index (κ1) is 20.4. The van der Waals surface area contributed by atoms with Crippen LogP contribution in [0.5, 0.6) is 0 Å². The second kappa shape index (κ2) is 10.9. The number of hydrogen-bond acceptors (Lipinski definition) is 5. The lowest BCUT2D eigenvalue weighted by molar-refractivity contribution is 0.0191. The maximum Gasteiger partial charge on any atom is 0.191 e. The van der Waals surface area contributed by atoms with Crippen molar-refractivity contribution in [1.82, 2.24) is 10.6 Å². The van der Waals surface area contributed by atoms with E-state index in [4.69, 9.17) is 9.47 Å². The molecule has 7 heteroatoms. The summed E-state index contributed by atoms with van der Waals surface area (Å²) in [6.45, 7) is 4.70. The van der Waals surface area contributed by atoms with Crippen LogP contribution in [0.15, 0.2) is 29.3 Å². The number of piperidine rings is 1. The Hall–Kier alpha value is -2.30. The van der Waals surface area contributed by atoms with Crippen LogP contribution in [0.4, 0.5) is 5.69 Å². The van der Waals surface area contributed by atoms with Crippen LogP contribution in [0.1, 0.15) is 31.2 Å². The number of guanidine groups is 1. The minimum Gasteiger partial charge on any atom is -0.377 e. The smallest absolute Gasteiger partial charge is 0.191 e. The van der Waals surface area contributed by atoms with E-state index in [0.717, 1.165) is 62.6 Å². The summed E-state index contributed by atoms with van der Waals surface area (Å²) in [5, 5.41) is 16.2. The first-order valence-corrected chi connectivity index (χ1v) is 10.2. The summed E-state index contributed by atoms with van der Waals surface area (Å²) in [6.07, 6.45) is 4.67. The van der Waals surface area contributed by atoms with E-state index in [1.54, 1.807) is 7.05 Å². The number of rotatable bonds is 7. The maximum absolute atomic E-state index is 9.37. The summed E-state index contributed by atoms with van der Waals surface area (Å²) >= 11 is 0. The number of aliphatic imine (C=N–C) groups is 1. The maximum atomic E-state index is 9.37. The standard InChI is InChI=1S/C21H31N5O2/c1-23-21(24-10-13-27-16-19-8-5-12-28-19)25-18-7-4-11-26(15-18)20-9-3-2-6-17(20)14-22/h2-3,6,9,18-19H,4-5,7-8,10-13,15-16H2,1H3,(H2,23,24,25). The molecule has 3 rings (SSSR count). The number of benzene rings is 1. The third-order valence-electron chi connectivity index (χ3n) is 5.22. The molecule has 0 bridgehead atoms. The fraction of sp³-hybridized carbons (Fsp3) is 0.619. The van der Waals surface area contributed by atoms with E-state index in [1.165, 1.54) is 0 Å². The number of hydrogen-bond donors (Lipinski definition) is 2. The minimum absolute atomic E-state index is 0.266. The fourth-order valence-corrected chi connectivity index (χ4v) is 3.78. The van der Waals surface area contributed by atoms with Crippen molar-refractivity contribution >= 4 is 11.6 Å². The molecule has 0 aromatic heterocycles. The van der Waals surface area contributed by atoms with Crippen LogP contribution in [0.3, 0.4) is 0 Å². The molecule has 7 nitrogen and oxygen atoms in total. The van der Waals surface area contributed by atoms with Crippen LogP contribution in [0, 0.1) is 11.3 Å². The van der Waals surface area contributed by atoms with E-state index in [2.05, 4.69) is 26.6 Å². The van der Waals surface area contributed by atoms with Crippen molar-refractivity contribution in [2.45, 2.75) is 37.8 Å². The molecule has 2 aliphatic heterocycles. The van der Waals surface area contributed by atoms with Crippen LogP contribution >= 0.6 is 0 Å². The molecule has 0 spiro atoms. The summed E-state index contributed by atoms with van der Waals surface area (Å²) in [5.41, 5.74) is 1.75. The van der Waals surface area contributed by atoms with Gasteiger partial charge in [0.05, 0.1) is 30.6 Å². The van der Waals surface area contributed by atoms with Crippen molar-refractivity contribution in [3.63, 3.8) is 0 Å². The van der Waals surface area contributed by atoms with Gasteiger partial charge in [-0.1, -0.05) is 12.1 Å². The average molecular weight is 386 g/mol. The summed E-state index contributed by atoms with van der Waals surface area (Å²) in [6, 6.07) is 10.4. The van der Waals surface area contributed by atoms with Crippen LogP contribution in [0.2, 0.25) is 0 Å². The molecular weight excluding hydrogens is 354 g/mol. The molecule has 2 unspecified atom stereocenters. The Morgan fingerprint density at radius 2 is 2.25 bits per heavy atom. The Morgan fingerprint density at radius 3 is 3.04 bits per heavy atom. The number of para-hydroxylation sites is 1. The number of anilines is 1. The van der Waals surface area contributed by atoms with Crippen molar-refractivity contribution in [2.75, 3.05) is 51.4 Å². The number of nitrogens with one attached hydrogen (secondary N) is 2. The Bertz CT molecular complexity index is 682. The van der Waals surface area contributed by atoms with Crippen molar-refractivity contribution in [2.24, 2.45) is 4.99 Å². The predicted octanol–water partition coefficient (Wildman–Crippen LogP) is 1.89. The number of nitriles is 1. The first-order valence-electron chi connectivity index (χ1n) is 10.2. The van der Waals surface area contributed by atoms with E-state index in [1.807, 2.05) is 24.3 Å². The largest absolute Gasteiger partial charge is 0.377 e. The van der Waals surface area contributed by atoms with Crippen LogP contribution in [-0.2, 0) is 9.47 Å². The SMILES string of the molecule is CN=C(NCCOCC1CCCO1)NC1CCCN(c2ccccc2C#N)C1. The summed E-state index contributed by atoms with van der Waals surface area (Å²) in [4.78, 5) is 6.62. The third kappa shape index (κ3) is 5.85. The zero-order chi connectivity index (χ0) is 19.6. The van der Waals surface area contributed by atoms with Gasteiger partial charge in [0.2, 0.25) is 0 Å². The van der Waals surface area contributed by atoms with Crippen molar-refractivity contribution in [3.05, 3.63) is 29.8 Å². The molecule has 0 radical (unpaired) electrons. The topological polar surface area (TPSA) is 81.9 Å².